The van der Waals surface area contributed by atoms with Crippen LogP contribution in [0, 0.1) is 0 Å². The second-order valence-electron chi connectivity index (χ2n) is 5.82. The summed E-state index contributed by atoms with van der Waals surface area (Å²) < 4.78 is 6.49. The third-order valence-electron chi connectivity index (χ3n) is 4.06. The van der Waals surface area contributed by atoms with Gasteiger partial charge in [0.1, 0.15) is 11.3 Å². The van der Waals surface area contributed by atoms with E-state index in [2.05, 4.69) is 16.9 Å². The lowest BCUT2D eigenvalue weighted by atomic mass is 10.1. The van der Waals surface area contributed by atoms with Crippen molar-refractivity contribution in [1.82, 2.24) is 9.38 Å². The molecule has 0 radical (unpaired) electrons. The number of halogens is 1. The van der Waals surface area contributed by atoms with E-state index in [0.717, 1.165) is 22.7 Å². The molecule has 2 heterocycles. The van der Waals surface area contributed by atoms with Crippen LogP contribution in [0.4, 0.5) is 0 Å². The highest BCUT2D eigenvalue weighted by molar-refractivity contribution is 6.30. The number of nitrogens with zero attached hydrogens (tertiary/aromatic N) is 3. The van der Waals surface area contributed by atoms with Crippen molar-refractivity contribution >= 4 is 35.1 Å². The number of rotatable bonds is 4. The van der Waals surface area contributed by atoms with Crippen molar-refractivity contribution in [3.63, 3.8) is 0 Å². The lowest BCUT2D eigenvalue weighted by Gasteiger charge is -2.07. The minimum absolute atomic E-state index is 0.402. The third kappa shape index (κ3) is 5.30. The van der Waals surface area contributed by atoms with Crippen molar-refractivity contribution in [2.24, 2.45) is 4.99 Å². The molecule has 0 saturated carbocycles. The molecule has 0 unspecified atom stereocenters. The van der Waals surface area contributed by atoms with E-state index in [4.69, 9.17) is 16.3 Å². The van der Waals surface area contributed by atoms with E-state index in [9.17, 15) is 4.79 Å². The minimum Gasteiger partial charge on any atom is -0.464 e. The number of hydrogen-bond acceptors (Lipinski definition) is 4. The van der Waals surface area contributed by atoms with Gasteiger partial charge >= 0.3 is 5.97 Å². The number of aryl methyl sites for hydroxylation is 1. The normalized spacial score (nSPS) is 11.4. The number of esters is 1. The highest BCUT2D eigenvalue weighted by atomic mass is 35.5. The fraction of sp³-hybridized carbons (Fsp3) is 0.227. The molecule has 0 saturated heterocycles. The Morgan fingerprint density at radius 1 is 1.25 bits per heavy atom. The van der Waals surface area contributed by atoms with Crippen LogP contribution in [0.3, 0.4) is 0 Å². The van der Waals surface area contributed by atoms with Crippen molar-refractivity contribution < 1.29 is 9.53 Å². The molecular formula is C22H24ClN3O2. The van der Waals surface area contributed by atoms with Gasteiger partial charge in [0.25, 0.3) is 0 Å². The maximum atomic E-state index is 11.8. The molecule has 0 spiro atoms. The number of fused-ring (bicyclic) bond motifs is 1. The highest BCUT2D eigenvalue weighted by Gasteiger charge is 2.13. The smallest absolute Gasteiger partial charge is 0.355 e. The second-order valence-corrected chi connectivity index (χ2v) is 6.25. The van der Waals surface area contributed by atoms with Gasteiger partial charge in [-0.05, 0) is 50.1 Å². The zero-order valence-electron chi connectivity index (χ0n) is 16.5. The van der Waals surface area contributed by atoms with E-state index >= 15 is 0 Å². The summed E-state index contributed by atoms with van der Waals surface area (Å²) in [5.41, 5.74) is 4.07. The Hall–Kier alpha value is -2.92. The SMILES string of the molecule is CC=N/C(=C\C)c1cc(C(=O)OC)n2ccnc2c1.CCc1ccc(Cl)cc1. The molecular weight excluding hydrogens is 374 g/mol. The molecule has 0 bridgehead atoms. The summed E-state index contributed by atoms with van der Waals surface area (Å²) in [6, 6.07) is 11.6. The Balaban J connectivity index is 0.000000261. The first-order chi connectivity index (χ1) is 13.5. The number of aliphatic imine (C=N–C) groups is 1. The lowest BCUT2D eigenvalue weighted by molar-refractivity contribution is 0.0592. The van der Waals surface area contributed by atoms with Crippen LogP contribution >= 0.6 is 11.6 Å². The van der Waals surface area contributed by atoms with E-state index < -0.39 is 5.97 Å². The van der Waals surface area contributed by atoms with Gasteiger partial charge in [0.05, 0.1) is 12.8 Å². The summed E-state index contributed by atoms with van der Waals surface area (Å²) in [5.74, 6) is -0.402. The first-order valence-corrected chi connectivity index (χ1v) is 9.37. The fourth-order valence-electron chi connectivity index (χ4n) is 2.61. The van der Waals surface area contributed by atoms with E-state index in [-0.39, 0.29) is 0 Å². The van der Waals surface area contributed by atoms with Gasteiger partial charge in [0, 0.05) is 29.2 Å². The first-order valence-electron chi connectivity index (χ1n) is 8.99. The van der Waals surface area contributed by atoms with E-state index in [1.54, 1.807) is 29.1 Å². The molecule has 3 aromatic rings. The van der Waals surface area contributed by atoms with Gasteiger partial charge in [0.2, 0.25) is 0 Å². The molecule has 28 heavy (non-hydrogen) atoms. The van der Waals surface area contributed by atoms with E-state index in [0.29, 0.717) is 11.3 Å². The maximum Gasteiger partial charge on any atom is 0.355 e. The summed E-state index contributed by atoms with van der Waals surface area (Å²) >= 11 is 5.67. The van der Waals surface area contributed by atoms with Gasteiger partial charge in [-0.3, -0.25) is 9.39 Å². The molecule has 3 rings (SSSR count). The largest absolute Gasteiger partial charge is 0.464 e. The van der Waals surface area contributed by atoms with Crippen LogP contribution in [-0.4, -0.2) is 28.7 Å². The molecule has 146 valence electrons. The monoisotopic (exact) mass is 397 g/mol. The average molecular weight is 398 g/mol. The number of carbonyl (C=O) groups excluding carboxylic acids is 1. The highest BCUT2D eigenvalue weighted by Crippen LogP contribution is 2.20. The molecule has 0 aliphatic rings. The predicted octanol–water partition coefficient (Wildman–Crippen LogP) is 5.47. The molecule has 0 fully saturated rings. The molecule has 0 aliphatic heterocycles. The van der Waals surface area contributed by atoms with Gasteiger partial charge in [-0.25, -0.2) is 9.78 Å². The number of ether oxygens (including phenoxy) is 1. The summed E-state index contributed by atoms with van der Waals surface area (Å²) in [6.07, 6.45) is 8.05. The van der Waals surface area contributed by atoms with Crippen molar-refractivity contribution in [3.8, 4) is 0 Å². The van der Waals surface area contributed by atoms with Gasteiger partial charge in [-0.1, -0.05) is 36.7 Å². The van der Waals surface area contributed by atoms with E-state index in [1.807, 2.05) is 50.3 Å². The molecule has 5 nitrogen and oxygen atoms in total. The van der Waals surface area contributed by atoms with Crippen LogP contribution in [-0.2, 0) is 11.2 Å². The molecule has 2 aromatic heterocycles. The van der Waals surface area contributed by atoms with Crippen molar-refractivity contribution in [2.45, 2.75) is 27.2 Å². The second kappa shape index (κ2) is 10.4. The van der Waals surface area contributed by atoms with Crippen LogP contribution in [0.5, 0.6) is 0 Å². The molecule has 0 atom stereocenters. The lowest BCUT2D eigenvalue weighted by Crippen LogP contribution is -2.08. The Morgan fingerprint density at radius 2 is 1.96 bits per heavy atom. The summed E-state index contributed by atoms with van der Waals surface area (Å²) in [6.45, 7) is 5.87. The summed E-state index contributed by atoms with van der Waals surface area (Å²) in [5, 5.41) is 0.812. The van der Waals surface area contributed by atoms with Crippen LogP contribution in [0.15, 0.2) is 59.9 Å². The van der Waals surface area contributed by atoms with Crippen LogP contribution in [0.25, 0.3) is 11.3 Å². The number of carbonyl (C=O) groups is 1. The minimum atomic E-state index is -0.402. The van der Waals surface area contributed by atoms with E-state index in [1.165, 1.54) is 12.7 Å². The fourth-order valence-corrected chi connectivity index (χ4v) is 2.73. The van der Waals surface area contributed by atoms with Gasteiger partial charge < -0.3 is 4.74 Å². The molecule has 0 aliphatic carbocycles. The average Bonchev–Trinajstić information content (AvgIpc) is 3.20. The van der Waals surface area contributed by atoms with Crippen molar-refractivity contribution in [1.29, 1.82) is 0 Å². The number of pyridine rings is 1. The summed E-state index contributed by atoms with van der Waals surface area (Å²) in [4.78, 5) is 20.3. The maximum absolute atomic E-state index is 11.8. The zero-order valence-corrected chi connectivity index (χ0v) is 17.3. The van der Waals surface area contributed by atoms with Gasteiger partial charge in [-0.2, -0.15) is 0 Å². The summed E-state index contributed by atoms with van der Waals surface area (Å²) in [7, 11) is 1.36. The quantitative estimate of drug-likeness (QED) is 0.433. The van der Waals surface area contributed by atoms with Crippen LogP contribution < -0.4 is 0 Å². The van der Waals surface area contributed by atoms with Crippen molar-refractivity contribution in [2.75, 3.05) is 7.11 Å². The Kier molecular flexibility index (Phi) is 7.96. The number of benzene rings is 1. The molecule has 6 heteroatoms. The van der Waals surface area contributed by atoms with Gasteiger partial charge in [-0.15, -0.1) is 0 Å². The standard InChI is InChI=1S/C14H15N3O2.C8H9Cl/c1-4-11(15-5-2)10-8-12(14(18)19-3)17-7-6-16-13(17)9-10;1-2-7-3-5-8(9)6-4-7/h4-9H,1-3H3;3-6H,2H2,1H3/b11-4-,15-5?;. The number of imidazole rings is 1. The van der Waals surface area contributed by atoms with Crippen LogP contribution in [0.1, 0.15) is 42.4 Å². The molecule has 0 N–H and O–H groups in total. The Bertz CT molecular complexity index is 989. The third-order valence-corrected chi connectivity index (χ3v) is 4.31. The predicted molar refractivity (Wildman–Crippen MR) is 115 cm³/mol. The number of hydrogen-bond donors (Lipinski definition) is 0. The molecule has 1 aromatic carbocycles. The first kappa shape index (κ1) is 21.4. The number of allylic oxidation sites excluding steroid dienone is 1. The topological polar surface area (TPSA) is 56.0 Å². The van der Waals surface area contributed by atoms with Crippen molar-refractivity contribution in [3.05, 3.63) is 76.7 Å². The number of aromatic nitrogens is 2. The molecule has 0 amide bonds. The number of methoxy groups -OCH3 is 1. The van der Waals surface area contributed by atoms with Crippen LogP contribution in [0.2, 0.25) is 5.02 Å². The van der Waals surface area contributed by atoms with Gasteiger partial charge in [0.15, 0.2) is 0 Å². The zero-order chi connectivity index (χ0) is 20.5. The Morgan fingerprint density at radius 3 is 2.54 bits per heavy atom. The Labute approximate surface area is 170 Å².